The maximum atomic E-state index is 11.8. The number of ether oxygens (including phenoxy) is 1. The minimum Gasteiger partial charge on any atom is -0.445 e. The Hall–Kier alpha value is -3.22. The van der Waals surface area contributed by atoms with Crippen molar-refractivity contribution in [2.75, 3.05) is 5.32 Å². The second kappa shape index (κ2) is 6.95. The van der Waals surface area contributed by atoms with Crippen LogP contribution in [-0.4, -0.2) is 23.2 Å². The third kappa shape index (κ3) is 3.72. The average Bonchev–Trinajstić information content (AvgIpc) is 2.98. The zero-order valence-electron chi connectivity index (χ0n) is 14.0. The number of carbonyl (C=O) groups is 1. The van der Waals surface area contributed by atoms with Crippen LogP contribution in [0.25, 0.3) is 11.1 Å². The zero-order chi connectivity index (χ0) is 17.9. The smallest absolute Gasteiger partial charge is 0.417 e. The van der Waals surface area contributed by atoms with E-state index in [2.05, 4.69) is 15.6 Å². The van der Waals surface area contributed by atoms with Crippen molar-refractivity contribution in [1.82, 2.24) is 10.3 Å². The van der Waals surface area contributed by atoms with Crippen LogP contribution < -0.4 is 16.4 Å². The number of benzene rings is 2. The number of aromatic nitrogens is 1. The van der Waals surface area contributed by atoms with Gasteiger partial charge in [-0.3, -0.25) is 4.98 Å². The van der Waals surface area contributed by atoms with Gasteiger partial charge in [-0.2, -0.15) is 0 Å². The number of hydrogen-bond acceptors (Lipinski definition) is 5. The normalized spacial score (nSPS) is 18.9. The van der Waals surface area contributed by atoms with Gasteiger partial charge >= 0.3 is 11.8 Å². The van der Waals surface area contributed by atoms with Crippen molar-refractivity contribution in [3.8, 4) is 0 Å². The number of nitrogens with one attached hydrogen (secondary N) is 3. The number of anilines is 1. The van der Waals surface area contributed by atoms with Crippen LogP contribution in [0, 0.1) is 0 Å². The van der Waals surface area contributed by atoms with Crippen molar-refractivity contribution in [3.63, 3.8) is 0 Å². The lowest BCUT2D eigenvalue weighted by Gasteiger charge is -2.36. The van der Waals surface area contributed by atoms with Crippen LogP contribution in [0.1, 0.15) is 18.4 Å². The summed E-state index contributed by atoms with van der Waals surface area (Å²) < 4.78 is 10.2. The molecular weight excluding hydrogens is 334 g/mol. The van der Waals surface area contributed by atoms with E-state index in [4.69, 9.17) is 9.15 Å². The van der Waals surface area contributed by atoms with Crippen LogP contribution in [0.4, 0.5) is 10.5 Å². The van der Waals surface area contributed by atoms with Gasteiger partial charge in [0.05, 0.1) is 5.52 Å². The Morgan fingerprint density at radius 3 is 2.77 bits per heavy atom. The molecule has 3 N–H and O–H groups in total. The largest absolute Gasteiger partial charge is 0.445 e. The summed E-state index contributed by atoms with van der Waals surface area (Å²) in [5.74, 6) is -0.459. The molecule has 1 heterocycles. The monoisotopic (exact) mass is 353 g/mol. The van der Waals surface area contributed by atoms with E-state index in [9.17, 15) is 9.59 Å². The van der Waals surface area contributed by atoms with Crippen molar-refractivity contribution >= 4 is 22.9 Å². The average molecular weight is 353 g/mol. The molecule has 134 valence electrons. The first-order valence-corrected chi connectivity index (χ1v) is 8.52. The molecule has 3 aromatic rings. The third-order valence-corrected chi connectivity index (χ3v) is 4.46. The van der Waals surface area contributed by atoms with Gasteiger partial charge in [-0.25, -0.2) is 9.59 Å². The molecule has 0 atom stereocenters. The summed E-state index contributed by atoms with van der Waals surface area (Å²) in [7, 11) is 0. The first kappa shape index (κ1) is 16.3. The molecule has 1 aromatic heterocycles. The number of carbonyl (C=O) groups excluding carboxylic acids is 1. The molecule has 1 saturated carbocycles. The Kier molecular flexibility index (Phi) is 4.35. The molecule has 0 spiro atoms. The predicted molar refractivity (Wildman–Crippen MR) is 97.0 cm³/mol. The molecule has 0 saturated heterocycles. The SMILES string of the molecule is O=C(NC1CC(Nc2ccc3oc(=O)[nH]c3c2)C1)OCc1ccccc1. The second-order valence-corrected chi connectivity index (χ2v) is 6.44. The molecule has 1 fully saturated rings. The summed E-state index contributed by atoms with van der Waals surface area (Å²) in [6.45, 7) is 0.268. The number of alkyl carbamates (subject to hydrolysis) is 1. The summed E-state index contributed by atoms with van der Waals surface area (Å²) in [4.78, 5) is 25.7. The number of aromatic amines is 1. The van der Waals surface area contributed by atoms with E-state index >= 15 is 0 Å². The molecule has 1 amide bonds. The Labute approximate surface area is 149 Å². The molecule has 0 bridgehead atoms. The molecule has 0 radical (unpaired) electrons. The number of H-pyrrole nitrogens is 1. The summed E-state index contributed by atoms with van der Waals surface area (Å²) in [6.07, 6.45) is 1.25. The van der Waals surface area contributed by atoms with Crippen molar-refractivity contribution in [2.24, 2.45) is 0 Å². The second-order valence-electron chi connectivity index (χ2n) is 6.44. The van der Waals surface area contributed by atoms with E-state index in [1.807, 2.05) is 42.5 Å². The molecule has 1 aliphatic carbocycles. The molecule has 26 heavy (non-hydrogen) atoms. The molecule has 0 aliphatic heterocycles. The fraction of sp³-hybridized carbons (Fsp3) is 0.263. The van der Waals surface area contributed by atoms with Crippen molar-refractivity contribution in [1.29, 1.82) is 0 Å². The Balaban J connectivity index is 1.22. The van der Waals surface area contributed by atoms with Crippen LogP contribution in [0.15, 0.2) is 57.7 Å². The van der Waals surface area contributed by atoms with Gasteiger partial charge in [-0.1, -0.05) is 30.3 Å². The standard InChI is InChI=1S/C19H19N3O4/c23-18(25-11-12-4-2-1-3-5-12)21-15-8-14(9-15)20-13-6-7-17-16(10-13)22-19(24)26-17/h1-7,10,14-15,20H,8-9,11H2,(H,21,23)(H,22,24). The van der Waals surface area contributed by atoms with Crippen LogP contribution >= 0.6 is 0 Å². The Morgan fingerprint density at radius 1 is 1.15 bits per heavy atom. The van der Waals surface area contributed by atoms with Gasteiger partial charge in [0.15, 0.2) is 5.58 Å². The highest BCUT2D eigenvalue weighted by molar-refractivity contribution is 5.77. The van der Waals surface area contributed by atoms with Gasteiger partial charge in [0.1, 0.15) is 6.61 Å². The number of fused-ring (bicyclic) bond motifs is 1. The van der Waals surface area contributed by atoms with Crippen molar-refractivity contribution in [2.45, 2.75) is 31.5 Å². The van der Waals surface area contributed by atoms with E-state index in [-0.39, 0.29) is 18.7 Å². The quantitative estimate of drug-likeness (QED) is 0.655. The summed E-state index contributed by atoms with van der Waals surface area (Å²) in [5, 5.41) is 6.26. The molecule has 4 rings (SSSR count). The lowest BCUT2D eigenvalue weighted by Crippen LogP contribution is -2.49. The first-order chi connectivity index (χ1) is 12.7. The highest BCUT2D eigenvalue weighted by Gasteiger charge is 2.30. The molecule has 7 heteroatoms. The summed E-state index contributed by atoms with van der Waals surface area (Å²) >= 11 is 0. The first-order valence-electron chi connectivity index (χ1n) is 8.52. The van der Waals surface area contributed by atoms with Gasteiger partial charge in [0, 0.05) is 17.8 Å². The minimum absolute atomic E-state index is 0.105. The molecule has 1 aliphatic rings. The van der Waals surface area contributed by atoms with Crippen LogP contribution in [0.3, 0.4) is 0 Å². The Morgan fingerprint density at radius 2 is 1.96 bits per heavy atom. The lowest BCUT2D eigenvalue weighted by molar-refractivity contribution is 0.129. The highest BCUT2D eigenvalue weighted by Crippen LogP contribution is 2.25. The molecule has 7 nitrogen and oxygen atoms in total. The summed E-state index contributed by atoms with van der Waals surface area (Å²) in [5.41, 5.74) is 3.07. The summed E-state index contributed by atoms with van der Waals surface area (Å²) in [6, 6.07) is 15.4. The molecular formula is C19H19N3O4. The van der Waals surface area contributed by atoms with E-state index in [0.29, 0.717) is 11.1 Å². The maximum Gasteiger partial charge on any atom is 0.417 e. The topological polar surface area (TPSA) is 96.4 Å². The zero-order valence-corrected chi connectivity index (χ0v) is 14.0. The van der Waals surface area contributed by atoms with Crippen LogP contribution in [0.5, 0.6) is 0 Å². The van der Waals surface area contributed by atoms with E-state index in [0.717, 1.165) is 24.1 Å². The van der Waals surface area contributed by atoms with E-state index in [1.165, 1.54) is 0 Å². The third-order valence-electron chi connectivity index (χ3n) is 4.46. The lowest BCUT2D eigenvalue weighted by atomic mass is 9.86. The van der Waals surface area contributed by atoms with Gasteiger partial charge in [-0.15, -0.1) is 0 Å². The van der Waals surface area contributed by atoms with E-state index < -0.39 is 11.8 Å². The predicted octanol–water partition coefficient (Wildman–Crippen LogP) is 2.99. The van der Waals surface area contributed by atoms with Gasteiger partial charge < -0.3 is 19.8 Å². The molecule has 2 aromatic carbocycles. The van der Waals surface area contributed by atoms with Crippen LogP contribution in [-0.2, 0) is 11.3 Å². The van der Waals surface area contributed by atoms with Crippen molar-refractivity contribution < 1.29 is 13.9 Å². The van der Waals surface area contributed by atoms with Crippen molar-refractivity contribution in [3.05, 3.63) is 64.6 Å². The minimum atomic E-state index is -0.459. The number of rotatable bonds is 5. The van der Waals surface area contributed by atoms with Crippen LogP contribution in [0.2, 0.25) is 0 Å². The fourth-order valence-electron chi connectivity index (χ4n) is 3.06. The fourth-order valence-corrected chi connectivity index (χ4v) is 3.06. The van der Waals surface area contributed by atoms with Gasteiger partial charge in [0.25, 0.3) is 0 Å². The highest BCUT2D eigenvalue weighted by atomic mass is 16.5. The number of amides is 1. The maximum absolute atomic E-state index is 11.8. The number of hydrogen-bond donors (Lipinski definition) is 3. The number of oxazole rings is 1. The van der Waals surface area contributed by atoms with Gasteiger partial charge in [-0.05, 0) is 36.6 Å². The van der Waals surface area contributed by atoms with Gasteiger partial charge in [0.2, 0.25) is 0 Å². The molecule has 0 unspecified atom stereocenters. The van der Waals surface area contributed by atoms with E-state index in [1.54, 1.807) is 6.07 Å². The Bertz CT molecular complexity index is 958.